The van der Waals surface area contributed by atoms with Gasteiger partial charge in [0.15, 0.2) is 5.82 Å². The van der Waals surface area contributed by atoms with Crippen LogP contribution in [0.1, 0.15) is 5.56 Å². The van der Waals surface area contributed by atoms with E-state index in [1.165, 1.54) is 5.56 Å². The molecule has 1 aromatic heterocycles. The summed E-state index contributed by atoms with van der Waals surface area (Å²) < 4.78 is 5.07. The zero-order valence-electron chi connectivity index (χ0n) is 11.1. The fourth-order valence-corrected chi connectivity index (χ4v) is 2.47. The number of hydrogen-bond donors (Lipinski definition) is 0. The molecule has 0 saturated carbocycles. The number of nitrogens with zero attached hydrogens (tertiary/aromatic N) is 3. The van der Waals surface area contributed by atoms with E-state index in [0.717, 1.165) is 18.4 Å². The van der Waals surface area contributed by atoms with Gasteiger partial charge < -0.3 is 9.64 Å². The van der Waals surface area contributed by atoms with Crippen molar-refractivity contribution in [2.45, 2.75) is 6.54 Å². The third kappa shape index (κ3) is 3.84. The largest absolute Gasteiger partial charge is 0.467 e. The Bertz CT molecular complexity index is 553. The van der Waals surface area contributed by atoms with Crippen molar-refractivity contribution in [3.8, 4) is 6.01 Å². The van der Waals surface area contributed by atoms with Crippen LogP contribution in [0, 0.1) is 0 Å². The summed E-state index contributed by atoms with van der Waals surface area (Å²) in [7, 11) is 1.54. The molecule has 4 nitrogen and oxygen atoms in total. The summed E-state index contributed by atoms with van der Waals surface area (Å²) in [5, 5.41) is 1.34. The Hall–Kier alpha value is -1.33. The molecule has 0 unspecified atom stereocenters. The minimum absolute atomic E-state index is 0.317. The van der Waals surface area contributed by atoms with Gasteiger partial charge in [0.2, 0.25) is 0 Å². The molecule has 0 saturated heterocycles. The van der Waals surface area contributed by atoms with E-state index in [1.807, 2.05) is 18.2 Å². The van der Waals surface area contributed by atoms with E-state index in [9.17, 15) is 0 Å². The highest BCUT2D eigenvalue weighted by atomic mass is 79.9. The summed E-state index contributed by atoms with van der Waals surface area (Å²) >= 11 is 9.67. The van der Waals surface area contributed by atoms with Crippen molar-refractivity contribution in [3.05, 3.63) is 47.1 Å². The monoisotopic (exact) mass is 355 g/mol. The van der Waals surface area contributed by atoms with Crippen molar-refractivity contribution in [2.24, 2.45) is 0 Å². The van der Waals surface area contributed by atoms with Crippen LogP contribution in [-0.2, 0) is 6.54 Å². The van der Waals surface area contributed by atoms with Gasteiger partial charge in [-0.15, -0.1) is 0 Å². The van der Waals surface area contributed by atoms with E-state index < -0.39 is 0 Å². The van der Waals surface area contributed by atoms with Crippen LogP contribution in [-0.4, -0.2) is 29.0 Å². The molecule has 2 aromatic rings. The summed E-state index contributed by atoms with van der Waals surface area (Å²) in [5.74, 6) is 0.682. The highest BCUT2D eigenvalue weighted by molar-refractivity contribution is 9.09. The lowest BCUT2D eigenvalue weighted by molar-refractivity contribution is 0.379. The van der Waals surface area contributed by atoms with E-state index in [2.05, 4.69) is 42.9 Å². The summed E-state index contributed by atoms with van der Waals surface area (Å²) in [6.45, 7) is 1.51. The smallest absolute Gasteiger partial charge is 0.318 e. The number of hydrogen-bond acceptors (Lipinski definition) is 4. The van der Waals surface area contributed by atoms with E-state index in [1.54, 1.807) is 13.3 Å². The molecular weight excluding hydrogens is 342 g/mol. The van der Waals surface area contributed by atoms with Gasteiger partial charge in [0.25, 0.3) is 0 Å². The van der Waals surface area contributed by atoms with Crippen LogP contribution in [0.15, 0.2) is 36.5 Å². The van der Waals surface area contributed by atoms with E-state index >= 15 is 0 Å². The molecule has 0 radical (unpaired) electrons. The van der Waals surface area contributed by atoms with Crippen LogP contribution in [0.5, 0.6) is 6.01 Å². The number of rotatable bonds is 6. The SMILES string of the molecule is COc1ncc(Cl)c(N(CCBr)Cc2ccccc2)n1. The maximum atomic E-state index is 6.21. The van der Waals surface area contributed by atoms with Crippen LogP contribution < -0.4 is 9.64 Å². The normalized spacial score (nSPS) is 10.3. The Kier molecular flexibility index (Phi) is 5.61. The van der Waals surface area contributed by atoms with Gasteiger partial charge in [-0.05, 0) is 5.56 Å². The molecule has 0 aliphatic heterocycles. The molecule has 2 rings (SSSR count). The molecule has 0 fully saturated rings. The van der Waals surface area contributed by atoms with Gasteiger partial charge in [0, 0.05) is 18.4 Å². The van der Waals surface area contributed by atoms with E-state index in [0.29, 0.717) is 16.9 Å². The van der Waals surface area contributed by atoms with Crippen molar-refractivity contribution < 1.29 is 4.74 Å². The average Bonchev–Trinajstić information content (AvgIpc) is 2.48. The predicted molar refractivity (Wildman–Crippen MR) is 84.9 cm³/mol. The lowest BCUT2D eigenvalue weighted by atomic mass is 10.2. The Morgan fingerprint density at radius 3 is 2.70 bits per heavy atom. The highest BCUT2D eigenvalue weighted by Crippen LogP contribution is 2.25. The first kappa shape index (κ1) is 15.1. The first-order valence-corrected chi connectivity index (χ1v) is 7.66. The molecule has 0 spiro atoms. The van der Waals surface area contributed by atoms with Crippen LogP contribution in [0.25, 0.3) is 0 Å². The third-order valence-electron chi connectivity index (χ3n) is 2.76. The molecule has 6 heteroatoms. The van der Waals surface area contributed by atoms with Gasteiger partial charge in [-0.25, -0.2) is 4.98 Å². The minimum Gasteiger partial charge on any atom is -0.467 e. The van der Waals surface area contributed by atoms with Crippen LogP contribution in [0.2, 0.25) is 5.02 Å². The zero-order valence-corrected chi connectivity index (χ0v) is 13.4. The molecule has 0 aliphatic rings. The lowest BCUT2D eigenvalue weighted by Crippen LogP contribution is -2.26. The van der Waals surface area contributed by atoms with Crippen LogP contribution in [0.3, 0.4) is 0 Å². The maximum Gasteiger partial charge on any atom is 0.318 e. The number of aromatic nitrogens is 2. The molecule has 106 valence electrons. The van der Waals surface area contributed by atoms with Gasteiger partial charge in [-0.2, -0.15) is 4.98 Å². The van der Waals surface area contributed by atoms with Gasteiger partial charge >= 0.3 is 6.01 Å². The van der Waals surface area contributed by atoms with Gasteiger partial charge in [-0.1, -0.05) is 57.9 Å². The molecule has 1 aromatic carbocycles. The van der Waals surface area contributed by atoms with Crippen molar-refractivity contribution in [3.63, 3.8) is 0 Å². The quantitative estimate of drug-likeness (QED) is 0.742. The molecule has 0 amide bonds. The fraction of sp³-hybridized carbons (Fsp3) is 0.286. The molecular formula is C14H15BrClN3O. The van der Waals surface area contributed by atoms with Crippen molar-refractivity contribution >= 4 is 33.3 Å². The zero-order chi connectivity index (χ0) is 14.4. The predicted octanol–water partition coefficient (Wildman–Crippen LogP) is 3.54. The minimum atomic E-state index is 0.317. The van der Waals surface area contributed by atoms with E-state index in [-0.39, 0.29) is 0 Å². The third-order valence-corrected chi connectivity index (χ3v) is 3.38. The highest BCUT2D eigenvalue weighted by Gasteiger charge is 2.14. The van der Waals surface area contributed by atoms with Crippen molar-refractivity contribution in [2.75, 3.05) is 23.9 Å². The summed E-state index contributed by atoms with van der Waals surface area (Å²) in [4.78, 5) is 10.4. The summed E-state index contributed by atoms with van der Waals surface area (Å²) in [6, 6.07) is 10.5. The summed E-state index contributed by atoms with van der Waals surface area (Å²) in [5.41, 5.74) is 1.20. The second-order valence-corrected chi connectivity index (χ2v) is 5.32. The molecule has 1 heterocycles. The van der Waals surface area contributed by atoms with Gasteiger partial charge in [-0.3, -0.25) is 0 Å². The van der Waals surface area contributed by atoms with E-state index in [4.69, 9.17) is 16.3 Å². The lowest BCUT2D eigenvalue weighted by Gasteiger charge is -2.24. The first-order valence-electron chi connectivity index (χ1n) is 6.16. The number of methoxy groups -OCH3 is 1. The van der Waals surface area contributed by atoms with Gasteiger partial charge in [0.05, 0.1) is 13.3 Å². The Labute approximate surface area is 131 Å². The maximum absolute atomic E-state index is 6.21. The topological polar surface area (TPSA) is 38.2 Å². The molecule has 0 atom stereocenters. The van der Waals surface area contributed by atoms with Crippen molar-refractivity contribution in [1.29, 1.82) is 0 Å². The molecule has 0 bridgehead atoms. The van der Waals surface area contributed by atoms with Crippen LogP contribution >= 0.6 is 27.5 Å². The second kappa shape index (κ2) is 7.45. The Balaban J connectivity index is 2.28. The molecule has 0 N–H and O–H groups in total. The number of benzene rings is 1. The fourth-order valence-electron chi connectivity index (χ4n) is 1.83. The average molecular weight is 357 g/mol. The second-order valence-electron chi connectivity index (χ2n) is 4.12. The Morgan fingerprint density at radius 1 is 1.30 bits per heavy atom. The number of alkyl halides is 1. The van der Waals surface area contributed by atoms with Crippen LogP contribution in [0.4, 0.5) is 5.82 Å². The summed E-state index contributed by atoms with van der Waals surface area (Å²) in [6.07, 6.45) is 1.56. The van der Waals surface area contributed by atoms with Gasteiger partial charge in [0.1, 0.15) is 5.02 Å². The Morgan fingerprint density at radius 2 is 2.05 bits per heavy atom. The first-order chi connectivity index (χ1) is 9.74. The number of halogens is 2. The molecule has 20 heavy (non-hydrogen) atoms. The number of ether oxygens (including phenoxy) is 1. The van der Waals surface area contributed by atoms with Crippen molar-refractivity contribution in [1.82, 2.24) is 9.97 Å². The number of anilines is 1. The standard InChI is InChI=1S/C14H15BrClN3O/c1-20-14-17-9-12(16)13(18-14)19(8-7-15)10-11-5-3-2-4-6-11/h2-6,9H,7-8,10H2,1H3. The molecule has 0 aliphatic carbocycles.